The molecule has 0 aliphatic rings. The van der Waals surface area contributed by atoms with Crippen LogP contribution in [0, 0.1) is 23.7 Å². The van der Waals surface area contributed by atoms with Crippen LogP contribution in [0.2, 0.25) is 0 Å². The summed E-state index contributed by atoms with van der Waals surface area (Å²) >= 11 is 0. The number of carbonyl (C=O) groups excluding carboxylic acids is 2. The van der Waals surface area contributed by atoms with Gasteiger partial charge < -0.3 is 5.32 Å². The van der Waals surface area contributed by atoms with E-state index in [0.717, 1.165) is 5.56 Å². The Hall–Kier alpha value is -2.72. The van der Waals surface area contributed by atoms with Crippen LogP contribution in [0.3, 0.4) is 0 Å². The number of carbonyl (C=O) groups is 2. The fourth-order valence-electron chi connectivity index (χ4n) is 1.57. The second-order valence-corrected chi connectivity index (χ2v) is 5.70. The predicted octanol–water partition coefficient (Wildman–Crippen LogP) is 3.64. The first-order chi connectivity index (χ1) is 12.7. The molecule has 0 radical (unpaired) electrons. The van der Waals surface area contributed by atoms with E-state index in [9.17, 15) is 13.6 Å². The Morgan fingerprint density at radius 2 is 1.63 bits per heavy atom. The monoisotopic (exact) mass is 382 g/mol. The van der Waals surface area contributed by atoms with E-state index in [0.29, 0.717) is 5.56 Å². The van der Waals surface area contributed by atoms with E-state index in [4.69, 9.17) is 10.0 Å². The maximum atomic E-state index is 12.6. The van der Waals surface area contributed by atoms with Gasteiger partial charge in [-0.05, 0) is 31.2 Å². The number of amides is 2. The lowest BCUT2D eigenvalue weighted by Crippen LogP contribution is -2.39. The molecule has 0 saturated heterocycles. The minimum atomic E-state index is -2.45. The summed E-state index contributed by atoms with van der Waals surface area (Å²) in [5.74, 6) is 5.09. The summed E-state index contributed by atoms with van der Waals surface area (Å²) in [5.41, 5.74) is 2.52. The largest absolute Gasteiger partial charge is 0.349 e. The third-order valence-electron chi connectivity index (χ3n) is 3.25. The highest BCUT2D eigenvalue weighted by molar-refractivity contribution is 5.94. The molecule has 3 N–H and O–H groups in total. The van der Waals surface area contributed by atoms with E-state index < -0.39 is 18.4 Å². The Morgan fingerprint density at radius 3 is 2.00 bits per heavy atom. The van der Waals surface area contributed by atoms with Crippen LogP contribution in [0.15, 0.2) is 37.4 Å². The molecule has 1 aromatic carbocycles. The van der Waals surface area contributed by atoms with Crippen LogP contribution in [0.1, 0.15) is 43.6 Å². The molecule has 1 rings (SSSR count). The van der Waals surface area contributed by atoms with E-state index in [1.54, 1.807) is 31.2 Å². The zero-order valence-corrected chi connectivity index (χ0v) is 16.1. The van der Waals surface area contributed by atoms with E-state index in [2.05, 4.69) is 30.3 Å². The number of hydrogen-bond donors (Lipinski definition) is 3. The van der Waals surface area contributed by atoms with Crippen molar-refractivity contribution < 1.29 is 23.6 Å². The maximum Gasteiger partial charge on any atom is 0.251 e. The van der Waals surface area contributed by atoms with Gasteiger partial charge in [-0.15, -0.1) is 13.2 Å². The number of benzene rings is 1. The Bertz CT molecular complexity index is 608. The second kappa shape index (κ2) is 15.5. The smallest absolute Gasteiger partial charge is 0.251 e. The van der Waals surface area contributed by atoms with Gasteiger partial charge in [0.2, 0.25) is 12.8 Å². The van der Waals surface area contributed by atoms with Crippen molar-refractivity contribution in [2.24, 2.45) is 11.8 Å². The lowest BCUT2D eigenvalue weighted by molar-refractivity contribution is -0.116. The normalized spacial score (nSPS) is 11.4. The molecule has 0 spiro atoms. The van der Waals surface area contributed by atoms with Crippen molar-refractivity contribution in [3.8, 4) is 11.8 Å². The highest BCUT2D eigenvalue weighted by Gasteiger charge is 2.23. The van der Waals surface area contributed by atoms with Gasteiger partial charge in [0.15, 0.2) is 0 Å². The lowest BCUT2D eigenvalue weighted by Gasteiger charge is -2.20. The zero-order chi connectivity index (χ0) is 21.4. The van der Waals surface area contributed by atoms with Crippen LogP contribution >= 0.6 is 0 Å². The Balaban J connectivity index is 0. The second-order valence-electron chi connectivity index (χ2n) is 5.70. The van der Waals surface area contributed by atoms with Gasteiger partial charge in [-0.25, -0.2) is 14.3 Å². The Labute approximate surface area is 159 Å². The molecule has 7 heteroatoms. The summed E-state index contributed by atoms with van der Waals surface area (Å²) in [7, 11) is 0. The van der Waals surface area contributed by atoms with Crippen LogP contribution in [0.4, 0.5) is 8.78 Å². The maximum absolute atomic E-state index is 12.6. The summed E-state index contributed by atoms with van der Waals surface area (Å²) < 4.78 is 25.1. The van der Waals surface area contributed by atoms with Gasteiger partial charge in [0.05, 0.1) is 0 Å². The van der Waals surface area contributed by atoms with Crippen LogP contribution in [-0.2, 0) is 4.79 Å². The number of hydroxylamine groups is 1. The summed E-state index contributed by atoms with van der Waals surface area (Å²) in [5, 5.41) is 9.85. The molecule has 0 saturated carbocycles. The molecule has 0 aliphatic carbocycles. The quantitative estimate of drug-likeness (QED) is 0.239. The predicted molar refractivity (Wildman–Crippen MR) is 102 cm³/mol. The van der Waals surface area contributed by atoms with Crippen molar-refractivity contribution in [1.29, 1.82) is 0 Å². The van der Waals surface area contributed by atoms with E-state index in [1.807, 2.05) is 13.8 Å². The summed E-state index contributed by atoms with van der Waals surface area (Å²) in [6.07, 6.45) is -2.27. The van der Waals surface area contributed by atoms with E-state index in [1.165, 1.54) is 12.4 Å². The van der Waals surface area contributed by atoms with Gasteiger partial charge in [0.1, 0.15) is 0 Å². The van der Waals surface area contributed by atoms with Crippen LogP contribution in [-0.4, -0.2) is 30.0 Å². The van der Waals surface area contributed by atoms with Crippen molar-refractivity contribution in [2.75, 3.05) is 0 Å². The molecule has 0 heterocycles. The van der Waals surface area contributed by atoms with Crippen molar-refractivity contribution in [2.45, 2.75) is 40.2 Å². The van der Waals surface area contributed by atoms with E-state index >= 15 is 0 Å². The molecule has 0 fully saturated rings. The van der Waals surface area contributed by atoms with Gasteiger partial charge >= 0.3 is 0 Å². The van der Waals surface area contributed by atoms with Crippen LogP contribution < -0.4 is 10.8 Å². The molecule has 2 atom stereocenters. The van der Waals surface area contributed by atoms with Gasteiger partial charge in [-0.1, -0.05) is 32.6 Å². The number of hydrogen-bond acceptors (Lipinski definition) is 3. The standard InChI is InChI=1S/C17H21F2NO.C2H4.CH3NO2/c1-11(2)5-6-14-7-9-15(10-8-14)17(21)20-13(4)12(3)16(18)19;1-2;3-1-2-4/h7-13,16H,1-4H3,(H,20,21);1-2H2;1,4H,(H,2,3). The topological polar surface area (TPSA) is 78.4 Å². The lowest BCUT2D eigenvalue weighted by atomic mass is 10.0. The van der Waals surface area contributed by atoms with E-state index in [-0.39, 0.29) is 18.2 Å². The minimum Gasteiger partial charge on any atom is -0.349 e. The van der Waals surface area contributed by atoms with Gasteiger partial charge in [0, 0.05) is 29.0 Å². The number of alkyl halides is 2. The molecule has 0 aliphatic heterocycles. The van der Waals surface area contributed by atoms with Crippen molar-refractivity contribution in [1.82, 2.24) is 10.8 Å². The van der Waals surface area contributed by atoms with Gasteiger partial charge in [-0.3, -0.25) is 14.8 Å². The first-order valence-electron chi connectivity index (χ1n) is 8.26. The van der Waals surface area contributed by atoms with Crippen molar-refractivity contribution >= 4 is 12.3 Å². The highest BCUT2D eigenvalue weighted by atomic mass is 19.3. The van der Waals surface area contributed by atoms with Crippen molar-refractivity contribution in [3.05, 3.63) is 48.6 Å². The molecular weight excluding hydrogens is 354 g/mol. The molecule has 2 unspecified atom stereocenters. The molecule has 2 amide bonds. The molecule has 1 aromatic rings. The number of nitrogens with one attached hydrogen (secondary N) is 2. The van der Waals surface area contributed by atoms with Crippen LogP contribution in [0.25, 0.3) is 0 Å². The van der Waals surface area contributed by atoms with Crippen molar-refractivity contribution in [3.63, 3.8) is 0 Å². The Kier molecular flexibility index (Phi) is 15.2. The van der Waals surface area contributed by atoms with Gasteiger partial charge in [0.25, 0.3) is 5.91 Å². The molecule has 27 heavy (non-hydrogen) atoms. The molecule has 0 aromatic heterocycles. The van der Waals surface area contributed by atoms with Gasteiger partial charge in [-0.2, -0.15) is 0 Å². The average molecular weight is 382 g/mol. The first kappa shape index (κ1) is 26.5. The third-order valence-corrected chi connectivity index (χ3v) is 3.25. The minimum absolute atomic E-state index is 0.181. The molecule has 0 bridgehead atoms. The Morgan fingerprint density at radius 1 is 1.15 bits per heavy atom. The molecule has 5 nitrogen and oxygen atoms in total. The number of rotatable bonds is 5. The third kappa shape index (κ3) is 12.3. The summed E-state index contributed by atoms with van der Waals surface area (Å²) in [4.78, 5) is 20.8. The fourth-order valence-corrected chi connectivity index (χ4v) is 1.57. The molecule has 150 valence electrons. The zero-order valence-electron chi connectivity index (χ0n) is 16.1. The SMILES string of the molecule is C=C.CC(C)C#Cc1ccc(C(=O)NC(C)C(C)C(F)F)cc1.O=CNO. The number of halogens is 2. The summed E-state index contributed by atoms with van der Waals surface area (Å²) in [6, 6.07) is 6.23. The highest BCUT2D eigenvalue weighted by Crippen LogP contribution is 2.14. The first-order valence-corrected chi connectivity index (χ1v) is 8.26. The summed E-state index contributed by atoms with van der Waals surface area (Å²) in [6.45, 7) is 13.0. The average Bonchev–Trinajstić information content (AvgIpc) is 2.67. The molecular formula is C20H28F2N2O3. The fraction of sp³-hybridized carbons (Fsp3) is 0.400. The van der Waals surface area contributed by atoms with Crippen LogP contribution in [0.5, 0.6) is 0 Å².